The summed E-state index contributed by atoms with van der Waals surface area (Å²) >= 11 is 0. The molecule has 0 saturated carbocycles. The molecule has 4 rings (SSSR count). The lowest BCUT2D eigenvalue weighted by atomic mass is 9.87. The van der Waals surface area contributed by atoms with Crippen LogP contribution in [0.5, 0.6) is 11.8 Å². The monoisotopic (exact) mass is 489 g/mol. The van der Waals surface area contributed by atoms with E-state index < -0.39 is 0 Å². The molecule has 8 heteroatoms. The number of nitrogens with zero attached hydrogens (tertiary/aromatic N) is 3. The number of carbonyl (C=O) groups is 1. The Balaban J connectivity index is 1.31. The van der Waals surface area contributed by atoms with Crippen LogP contribution in [0.3, 0.4) is 0 Å². The van der Waals surface area contributed by atoms with Gasteiger partial charge in [0.05, 0.1) is 20.1 Å². The summed E-state index contributed by atoms with van der Waals surface area (Å²) in [5, 5.41) is 6.62. The van der Waals surface area contributed by atoms with Crippen LogP contribution in [0.4, 0.5) is 0 Å². The van der Waals surface area contributed by atoms with Crippen molar-refractivity contribution in [1.29, 1.82) is 0 Å². The van der Waals surface area contributed by atoms with Crippen molar-refractivity contribution >= 4 is 5.91 Å². The Hall–Kier alpha value is -3.49. The molecule has 36 heavy (non-hydrogen) atoms. The van der Waals surface area contributed by atoms with Crippen LogP contribution in [0, 0.1) is 5.92 Å². The van der Waals surface area contributed by atoms with E-state index in [1.54, 1.807) is 26.6 Å². The minimum atomic E-state index is -0.0643. The van der Waals surface area contributed by atoms with Crippen molar-refractivity contribution in [3.8, 4) is 11.8 Å². The van der Waals surface area contributed by atoms with E-state index in [9.17, 15) is 4.79 Å². The molecule has 2 heterocycles. The maximum absolute atomic E-state index is 13.1. The van der Waals surface area contributed by atoms with Gasteiger partial charge in [-0.2, -0.15) is 0 Å². The van der Waals surface area contributed by atoms with Gasteiger partial charge in [-0.25, -0.2) is 9.97 Å². The van der Waals surface area contributed by atoms with E-state index in [-0.39, 0.29) is 17.7 Å². The lowest BCUT2D eigenvalue weighted by Gasteiger charge is -2.19. The van der Waals surface area contributed by atoms with Gasteiger partial charge < -0.3 is 25.0 Å². The highest BCUT2D eigenvalue weighted by atomic mass is 16.5. The number of aromatic nitrogens is 2. The number of hydrogen-bond acceptors (Lipinski definition) is 7. The van der Waals surface area contributed by atoms with Gasteiger partial charge >= 0.3 is 6.01 Å². The van der Waals surface area contributed by atoms with Crippen LogP contribution >= 0.6 is 0 Å². The van der Waals surface area contributed by atoms with E-state index in [1.165, 1.54) is 16.7 Å². The van der Waals surface area contributed by atoms with Gasteiger partial charge in [0, 0.05) is 56.6 Å². The molecule has 0 spiro atoms. The number of likely N-dealkylation sites (tertiary alicyclic amines) is 1. The zero-order chi connectivity index (χ0) is 25.3. The second kappa shape index (κ2) is 12.5. The average molecular weight is 490 g/mol. The van der Waals surface area contributed by atoms with Gasteiger partial charge in [0.15, 0.2) is 0 Å². The second-order valence-electron chi connectivity index (χ2n) is 9.25. The Bertz CT molecular complexity index is 1120. The summed E-state index contributed by atoms with van der Waals surface area (Å²) in [4.78, 5) is 23.7. The molecule has 1 aliphatic heterocycles. The van der Waals surface area contributed by atoms with Crippen molar-refractivity contribution in [2.45, 2.75) is 25.4 Å². The zero-order valence-electron chi connectivity index (χ0n) is 21.2. The first-order valence-electron chi connectivity index (χ1n) is 12.3. The first-order valence-corrected chi connectivity index (χ1v) is 12.3. The van der Waals surface area contributed by atoms with Gasteiger partial charge in [0.1, 0.15) is 5.75 Å². The molecule has 2 atom stereocenters. The third-order valence-corrected chi connectivity index (χ3v) is 6.61. The third kappa shape index (κ3) is 6.80. The van der Waals surface area contributed by atoms with Crippen LogP contribution in [0.2, 0.25) is 0 Å². The predicted octanol–water partition coefficient (Wildman–Crippen LogP) is 2.79. The largest absolute Gasteiger partial charge is 0.497 e. The van der Waals surface area contributed by atoms with Crippen molar-refractivity contribution in [3.63, 3.8) is 0 Å². The molecule has 190 valence electrons. The minimum absolute atomic E-state index is 0.0643. The van der Waals surface area contributed by atoms with Crippen molar-refractivity contribution in [2.24, 2.45) is 5.92 Å². The Kier molecular flexibility index (Phi) is 8.86. The van der Waals surface area contributed by atoms with Gasteiger partial charge in [-0.3, -0.25) is 4.79 Å². The molecule has 3 aromatic rings. The molecule has 0 unspecified atom stereocenters. The van der Waals surface area contributed by atoms with E-state index in [0.717, 1.165) is 37.4 Å². The summed E-state index contributed by atoms with van der Waals surface area (Å²) < 4.78 is 10.2. The number of amides is 1. The maximum Gasteiger partial charge on any atom is 0.316 e. The number of benzene rings is 2. The fourth-order valence-corrected chi connectivity index (χ4v) is 4.68. The Labute approximate surface area is 213 Å². The Morgan fingerprint density at radius 1 is 0.972 bits per heavy atom. The number of rotatable bonds is 11. The summed E-state index contributed by atoms with van der Waals surface area (Å²) in [5.41, 5.74) is 4.57. The molecular formula is C28H35N5O3. The Morgan fingerprint density at radius 3 is 2.44 bits per heavy atom. The molecule has 0 aliphatic carbocycles. The van der Waals surface area contributed by atoms with Crippen LogP contribution in [0.1, 0.15) is 28.2 Å². The lowest BCUT2D eigenvalue weighted by molar-refractivity contribution is -0.124. The molecule has 0 bridgehead atoms. The van der Waals surface area contributed by atoms with E-state index in [2.05, 4.69) is 56.8 Å². The standard InChI is InChI=1S/C28H35N5O3/c1-33-18-25(26(19-33)27(34)30-12-11-20-7-9-24(35-2)10-8-20)23-6-4-5-21(13-23)14-29-15-22-16-31-28(36-3)32-17-22/h4-10,13,16-17,25-26,29H,11-12,14-15,18-19H2,1-3H3,(H,30,34)/t25-,26+/m1/s1. The quantitative estimate of drug-likeness (QED) is 0.428. The zero-order valence-corrected chi connectivity index (χ0v) is 21.2. The van der Waals surface area contributed by atoms with Gasteiger partial charge in [0.25, 0.3) is 0 Å². The van der Waals surface area contributed by atoms with Crippen LogP contribution in [0.15, 0.2) is 60.9 Å². The SMILES string of the molecule is COc1ccc(CCNC(=O)[C@H]2CN(C)C[C@@H]2c2cccc(CNCc3cnc(OC)nc3)c2)cc1. The number of likely N-dealkylation sites (N-methyl/N-ethyl adjacent to an activating group) is 1. The highest BCUT2D eigenvalue weighted by Crippen LogP contribution is 2.32. The van der Waals surface area contributed by atoms with Gasteiger partial charge in [-0.1, -0.05) is 36.4 Å². The first kappa shape index (κ1) is 25.6. The molecular weight excluding hydrogens is 454 g/mol. The van der Waals surface area contributed by atoms with Gasteiger partial charge in [-0.15, -0.1) is 0 Å². The molecule has 0 radical (unpaired) electrons. The third-order valence-electron chi connectivity index (χ3n) is 6.61. The summed E-state index contributed by atoms with van der Waals surface area (Å²) in [6, 6.07) is 16.9. The second-order valence-corrected chi connectivity index (χ2v) is 9.25. The first-order chi connectivity index (χ1) is 17.6. The average Bonchev–Trinajstić information content (AvgIpc) is 3.31. The molecule has 2 N–H and O–H groups in total. The molecule has 1 amide bonds. The predicted molar refractivity (Wildman–Crippen MR) is 139 cm³/mol. The molecule has 1 aliphatic rings. The molecule has 2 aromatic carbocycles. The van der Waals surface area contributed by atoms with Crippen molar-refractivity contribution in [2.75, 3.05) is 40.9 Å². The highest BCUT2D eigenvalue weighted by Gasteiger charge is 2.36. The number of hydrogen-bond donors (Lipinski definition) is 2. The summed E-state index contributed by atoms with van der Waals surface area (Å²) in [6.07, 6.45) is 4.33. The van der Waals surface area contributed by atoms with Crippen LogP contribution in [0.25, 0.3) is 0 Å². The van der Waals surface area contributed by atoms with Crippen molar-refractivity contribution in [3.05, 3.63) is 83.2 Å². The summed E-state index contributed by atoms with van der Waals surface area (Å²) in [7, 11) is 5.30. The minimum Gasteiger partial charge on any atom is -0.497 e. The topological polar surface area (TPSA) is 88.6 Å². The number of carbonyl (C=O) groups excluding carboxylic acids is 1. The van der Waals surface area contributed by atoms with Gasteiger partial charge in [-0.05, 0) is 42.3 Å². The van der Waals surface area contributed by atoms with Crippen LogP contribution < -0.4 is 20.1 Å². The van der Waals surface area contributed by atoms with E-state index in [1.807, 2.05) is 24.3 Å². The maximum atomic E-state index is 13.1. The van der Waals surface area contributed by atoms with Crippen LogP contribution in [-0.4, -0.2) is 61.7 Å². The molecule has 1 saturated heterocycles. The van der Waals surface area contributed by atoms with Crippen molar-refractivity contribution in [1.82, 2.24) is 25.5 Å². The normalized spacial score (nSPS) is 17.6. The Morgan fingerprint density at radius 2 is 1.72 bits per heavy atom. The number of nitrogens with one attached hydrogen (secondary N) is 2. The molecule has 1 fully saturated rings. The fourth-order valence-electron chi connectivity index (χ4n) is 4.68. The van der Waals surface area contributed by atoms with Gasteiger partial charge in [0.2, 0.25) is 5.91 Å². The fraction of sp³-hybridized carbons (Fsp3) is 0.393. The van der Waals surface area contributed by atoms with Crippen LogP contribution in [-0.2, 0) is 24.3 Å². The summed E-state index contributed by atoms with van der Waals surface area (Å²) in [6.45, 7) is 3.65. The lowest BCUT2D eigenvalue weighted by Crippen LogP contribution is -2.35. The molecule has 1 aromatic heterocycles. The molecule has 8 nitrogen and oxygen atoms in total. The van der Waals surface area contributed by atoms with E-state index >= 15 is 0 Å². The van der Waals surface area contributed by atoms with E-state index in [0.29, 0.717) is 19.1 Å². The van der Waals surface area contributed by atoms with E-state index in [4.69, 9.17) is 9.47 Å². The number of methoxy groups -OCH3 is 2. The number of ether oxygens (including phenoxy) is 2. The summed E-state index contributed by atoms with van der Waals surface area (Å²) in [5.74, 6) is 1.07. The highest BCUT2D eigenvalue weighted by molar-refractivity contribution is 5.80. The van der Waals surface area contributed by atoms with Crippen molar-refractivity contribution < 1.29 is 14.3 Å². The smallest absolute Gasteiger partial charge is 0.316 e.